The highest BCUT2D eigenvalue weighted by atomic mass is 16.5. The Labute approximate surface area is 155 Å². The molecule has 1 unspecified atom stereocenters. The first-order valence-electron chi connectivity index (χ1n) is 8.00. The van der Waals surface area contributed by atoms with Gasteiger partial charge in [0.2, 0.25) is 5.88 Å². The fraction of sp³-hybridized carbons (Fsp3) is 0.158. The molecule has 8 heteroatoms. The van der Waals surface area contributed by atoms with Crippen molar-refractivity contribution in [3.05, 3.63) is 59.0 Å². The molecule has 0 fully saturated rings. The van der Waals surface area contributed by atoms with E-state index in [4.69, 9.17) is 31.4 Å². The number of hydrogen-bond donors (Lipinski definition) is 3. The third-order valence-corrected chi connectivity index (χ3v) is 4.13. The van der Waals surface area contributed by atoms with Gasteiger partial charge in [-0.1, -0.05) is 12.1 Å². The summed E-state index contributed by atoms with van der Waals surface area (Å²) in [6.45, 7) is -0.272. The number of carbonyl (C=O) groups excluding carboxylic acids is 1. The molecule has 1 amide bonds. The van der Waals surface area contributed by atoms with E-state index in [2.05, 4.69) is 6.07 Å². The summed E-state index contributed by atoms with van der Waals surface area (Å²) in [6, 6.07) is 12.4. The number of nitrogen functional groups attached to an aromatic ring is 1. The molecule has 0 bridgehead atoms. The Kier molecular flexibility index (Phi) is 4.77. The molecular weight excluding hydrogens is 348 g/mol. The number of fused-ring (bicyclic) bond motifs is 1. The van der Waals surface area contributed by atoms with Gasteiger partial charge in [0.15, 0.2) is 18.1 Å². The maximum absolute atomic E-state index is 10.9. The number of hydrogen-bond acceptors (Lipinski definition) is 7. The van der Waals surface area contributed by atoms with Crippen molar-refractivity contribution in [2.45, 2.75) is 5.92 Å². The summed E-state index contributed by atoms with van der Waals surface area (Å²) in [5, 5.41) is 9.60. The van der Waals surface area contributed by atoms with Crippen LogP contribution in [-0.4, -0.2) is 19.6 Å². The minimum atomic E-state index is -0.598. The second-order valence-corrected chi connectivity index (χ2v) is 5.89. The molecule has 0 saturated carbocycles. The Morgan fingerprint density at radius 1 is 1.22 bits per heavy atom. The van der Waals surface area contributed by atoms with E-state index in [1.807, 2.05) is 0 Å². The molecule has 0 saturated heterocycles. The summed E-state index contributed by atoms with van der Waals surface area (Å²) < 4.78 is 16.3. The fourth-order valence-electron chi connectivity index (χ4n) is 2.95. The molecule has 3 rings (SSSR count). The molecule has 0 aromatic heterocycles. The van der Waals surface area contributed by atoms with Crippen molar-refractivity contribution in [1.29, 1.82) is 5.26 Å². The molecule has 0 aliphatic carbocycles. The Morgan fingerprint density at radius 3 is 2.67 bits per heavy atom. The van der Waals surface area contributed by atoms with Crippen LogP contribution in [0.1, 0.15) is 17.0 Å². The molecule has 138 valence electrons. The van der Waals surface area contributed by atoms with E-state index in [9.17, 15) is 10.1 Å². The highest BCUT2D eigenvalue weighted by Crippen LogP contribution is 2.44. The molecule has 1 aliphatic rings. The molecule has 2 aromatic rings. The zero-order valence-electron chi connectivity index (χ0n) is 14.6. The first kappa shape index (κ1) is 17.9. The molecule has 1 heterocycles. The van der Waals surface area contributed by atoms with E-state index >= 15 is 0 Å². The third-order valence-electron chi connectivity index (χ3n) is 4.13. The molecule has 8 nitrogen and oxygen atoms in total. The Bertz CT molecular complexity index is 978. The van der Waals surface area contributed by atoms with Gasteiger partial charge in [-0.2, -0.15) is 5.26 Å². The molecule has 27 heavy (non-hydrogen) atoms. The number of nitrogens with two attached hydrogens (primary N) is 3. The maximum Gasteiger partial charge on any atom is 0.255 e. The zero-order chi connectivity index (χ0) is 19.6. The largest absolute Gasteiger partial charge is 0.493 e. The SMILES string of the molecule is COc1cc(C2C(C#N)=C(N)Oc3cc(N)ccc32)ccc1OCC(N)=O. The minimum absolute atomic E-state index is 0.0219. The van der Waals surface area contributed by atoms with E-state index in [0.717, 1.165) is 11.1 Å². The average molecular weight is 366 g/mol. The molecule has 6 N–H and O–H groups in total. The Hall–Kier alpha value is -3.86. The molecular formula is C19H18N4O4. The number of nitriles is 1. The van der Waals surface area contributed by atoms with Gasteiger partial charge >= 0.3 is 0 Å². The predicted octanol–water partition coefficient (Wildman–Crippen LogP) is 1.36. The third kappa shape index (κ3) is 3.43. The van der Waals surface area contributed by atoms with Crippen molar-refractivity contribution in [1.82, 2.24) is 0 Å². The van der Waals surface area contributed by atoms with E-state index < -0.39 is 11.8 Å². The lowest BCUT2D eigenvalue weighted by Gasteiger charge is -2.27. The van der Waals surface area contributed by atoms with Crippen LogP contribution in [0.3, 0.4) is 0 Å². The standard InChI is InChI=1S/C19H18N4O4/c1-25-16-6-10(2-5-14(16)26-9-17(22)24)18-12-4-3-11(21)7-15(12)27-19(23)13(18)8-20/h2-7,18H,9,21,23H2,1H3,(H2,22,24). The normalized spacial score (nSPS) is 15.3. The van der Waals surface area contributed by atoms with Crippen molar-refractivity contribution in [3.8, 4) is 23.3 Å². The number of amides is 1. The van der Waals surface area contributed by atoms with Crippen molar-refractivity contribution < 1.29 is 19.0 Å². The second kappa shape index (κ2) is 7.17. The van der Waals surface area contributed by atoms with Crippen molar-refractivity contribution in [3.63, 3.8) is 0 Å². The van der Waals surface area contributed by atoms with E-state index in [0.29, 0.717) is 22.9 Å². The molecule has 1 atom stereocenters. The summed E-state index contributed by atoms with van der Waals surface area (Å²) in [5.74, 6) is 0.212. The number of rotatable bonds is 5. The lowest BCUT2D eigenvalue weighted by atomic mass is 9.83. The monoisotopic (exact) mass is 366 g/mol. The highest BCUT2D eigenvalue weighted by molar-refractivity contribution is 5.75. The quantitative estimate of drug-likeness (QED) is 0.677. The van der Waals surface area contributed by atoms with Crippen LogP contribution in [0, 0.1) is 11.3 Å². The Morgan fingerprint density at radius 2 is 2.00 bits per heavy atom. The number of methoxy groups -OCH3 is 1. The molecule has 0 radical (unpaired) electrons. The van der Waals surface area contributed by atoms with E-state index in [1.165, 1.54) is 7.11 Å². The van der Waals surface area contributed by atoms with Crippen LogP contribution in [0.15, 0.2) is 47.9 Å². The van der Waals surface area contributed by atoms with Crippen LogP contribution in [0.4, 0.5) is 5.69 Å². The smallest absolute Gasteiger partial charge is 0.255 e. The van der Waals surface area contributed by atoms with E-state index in [1.54, 1.807) is 36.4 Å². The first-order chi connectivity index (χ1) is 12.9. The number of anilines is 1. The predicted molar refractivity (Wildman–Crippen MR) is 97.8 cm³/mol. The molecule has 0 spiro atoms. The zero-order valence-corrected chi connectivity index (χ0v) is 14.6. The van der Waals surface area contributed by atoms with Gasteiger partial charge in [0.1, 0.15) is 17.4 Å². The summed E-state index contributed by atoms with van der Waals surface area (Å²) in [6.07, 6.45) is 0. The van der Waals surface area contributed by atoms with Crippen LogP contribution in [0.25, 0.3) is 0 Å². The number of carbonyl (C=O) groups is 1. The number of nitrogens with zero attached hydrogens (tertiary/aromatic N) is 1. The lowest BCUT2D eigenvalue weighted by molar-refractivity contribution is -0.119. The van der Waals surface area contributed by atoms with Gasteiger partial charge in [-0.3, -0.25) is 4.79 Å². The van der Waals surface area contributed by atoms with Gasteiger partial charge in [-0.15, -0.1) is 0 Å². The minimum Gasteiger partial charge on any atom is -0.493 e. The van der Waals surface area contributed by atoms with Crippen molar-refractivity contribution in [2.24, 2.45) is 11.5 Å². The molecule has 1 aliphatic heterocycles. The number of primary amides is 1. The number of ether oxygens (including phenoxy) is 3. The van der Waals surface area contributed by atoms with Crippen molar-refractivity contribution in [2.75, 3.05) is 19.5 Å². The number of benzene rings is 2. The fourth-order valence-corrected chi connectivity index (χ4v) is 2.95. The summed E-state index contributed by atoms with van der Waals surface area (Å²) in [5.41, 5.74) is 19.2. The van der Waals surface area contributed by atoms with Crippen molar-refractivity contribution >= 4 is 11.6 Å². The number of allylic oxidation sites excluding steroid dienone is 1. The van der Waals surface area contributed by atoms with E-state index in [-0.39, 0.29) is 18.1 Å². The summed E-state index contributed by atoms with van der Waals surface area (Å²) in [7, 11) is 1.48. The second-order valence-electron chi connectivity index (χ2n) is 5.89. The van der Waals surface area contributed by atoms with Gasteiger partial charge in [0.25, 0.3) is 5.91 Å². The van der Waals surface area contributed by atoms with Gasteiger partial charge in [-0.05, 0) is 23.8 Å². The van der Waals surface area contributed by atoms with Crippen LogP contribution in [0.2, 0.25) is 0 Å². The summed E-state index contributed by atoms with van der Waals surface area (Å²) in [4.78, 5) is 10.9. The van der Waals surface area contributed by atoms with Crippen LogP contribution in [0.5, 0.6) is 17.2 Å². The lowest BCUT2D eigenvalue weighted by Crippen LogP contribution is -2.21. The van der Waals surface area contributed by atoms with Crippen LogP contribution >= 0.6 is 0 Å². The van der Waals surface area contributed by atoms with Crippen LogP contribution < -0.4 is 31.4 Å². The van der Waals surface area contributed by atoms with Gasteiger partial charge in [0, 0.05) is 17.3 Å². The van der Waals surface area contributed by atoms with Gasteiger partial charge in [-0.25, -0.2) is 0 Å². The maximum atomic E-state index is 10.9. The van der Waals surface area contributed by atoms with Gasteiger partial charge in [0.05, 0.1) is 13.0 Å². The first-order valence-corrected chi connectivity index (χ1v) is 8.00. The van der Waals surface area contributed by atoms with Gasteiger partial charge < -0.3 is 31.4 Å². The average Bonchev–Trinajstić information content (AvgIpc) is 2.64. The topological polar surface area (TPSA) is 147 Å². The summed E-state index contributed by atoms with van der Waals surface area (Å²) >= 11 is 0. The van der Waals surface area contributed by atoms with Crippen LogP contribution in [-0.2, 0) is 4.79 Å². The highest BCUT2D eigenvalue weighted by Gasteiger charge is 2.31. The Balaban J connectivity index is 2.09. The molecule has 2 aromatic carbocycles.